The predicted octanol–water partition coefficient (Wildman–Crippen LogP) is 4.00. The van der Waals surface area contributed by atoms with Gasteiger partial charge in [0.1, 0.15) is 5.75 Å². The lowest BCUT2D eigenvalue weighted by Crippen LogP contribution is -2.26. The van der Waals surface area contributed by atoms with Gasteiger partial charge in [-0.05, 0) is 37.5 Å². The SMILES string of the molecule is CCC/C(=N\NC(=O)COc1ccc(C)cc1C)c1ccccc1. The first kappa shape index (κ1) is 17.7. The molecule has 0 bridgehead atoms. The number of nitrogens with one attached hydrogen (secondary N) is 1. The lowest BCUT2D eigenvalue weighted by molar-refractivity contribution is -0.123. The van der Waals surface area contributed by atoms with Gasteiger partial charge in [-0.25, -0.2) is 5.43 Å². The third-order valence-electron chi connectivity index (χ3n) is 3.60. The molecule has 0 aliphatic rings. The fourth-order valence-corrected chi connectivity index (χ4v) is 2.40. The van der Waals surface area contributed by atoms with Crippen LogP contribution in [0.4, 0.5) is 0 Å². The Morgan fingerprint density at radius 2 is 1.88 bits per heavy atom. The van der Waals surface area contributed by atoms with Gasteiger partial charge in [0.2, 0.25) is 0 Å². The second-order valence-corrected chi connectivity index (χ2v) is 5.77. The number of carbonyl (C=O) groups excluding carboxylic acids is 1. The molecule has 4 nitrogen and oxygen atoms in total. The van der Waals surface area contributed by atoms with Crippen LogP contribution in [0.3, 0.4) is 0 Å². The molecule has 0 aliphatic heterocycles. The number of rotatable bonds is 7. The van der Waals surface area contributed by atoms with Gasteiger partial charge in [-0.1, -0.05) is 61.4 Å². The van der Waals surface area contributed by atoms with E-state index in [0.717, 1.165) is 35.4 Å². The highest BCUT2D eigenvalue weighted by molar-refractivity contribution is 6.01. The zero-order valence-electron chi connectivity index (χ0n) is 14.5. The highest BCUT2D eigenvalue weighted by atomic mass is 16.5. The van der Waals surface area contributed by atoms with Gasteiger partial charge in [0.15, 0.2) is 6.61 Å². The third kappa shape index (κ3) is 5.23. The summed E-state index contributed by atoms with van der Waals surface area (Å²) in [5, 5.41) is 4.27. The fourth-order valence-electron chi connectivity index (χ4n) is 2.40. The van der Waals surface area contributed by atoms with Crippen LogP contribution in [0.25, 0.3) is 0 Å². The third-order valence-corrected chi connectivity index (χ3v) is 3.60. The molecule has 0 fully saturated rings. The Kier molecular flexibility index (Phi) is 6.55. The van der Waals surface area contributed by atoms with Gasteiger partial charge in [0, 0.05) is 0 Å². The average Bonchev–Trinajstić information content (AvgIpc) is 2.58. The van der Waals surface area contributed by atoms with Crippen LogP contribution in [-0.4, -0.2) is 18.2 Å². The second kappa shape index (κ2) is 8.87. The molecule has 0 aromatic heterocycles. The Bertz CT molecular complexity index is 709. The largest absolute Gasteiger partial charge is 0.483 e. The summed E-state index contributed by atoms with van der Waals surface area (Å²) in [6, 6.07) is 15.8. The molecule has 0 atom stereocenters. The van der Waals surface area contributed by atoms with Crippen LogP contribution in [0.5, 0.6) is 5.75 Å². The summed E-state index contributed by atoms with van der Waals surface area (Å²) in [6.07, 6.45) is 1.77. The topological polar surface area (TPSA) is 50.7 Å². The van der Waals surface area contributed by atoms with Gasteiger partial charge < -0.3 is 4.74 Å². The highest BCUT2D eigenvalue weighted by Crippen LogP contribution is 2.18. The zero-order chi connectivity index (χ0) is 17.4. The molecule has 0 radical (unpaired) electrons. The number of hydrazone groups is 1. The predicted molar refractivity (Wildman–Crippen MR) is 97.4 cm³/mol. The number of carbonyl (C=O) groups is 1. The molecule has 0 unspecified atom stereocenters. The molecule has 4 heteroatoms. The quantitative estimate of drug-likeness (QED) is 0.618. The number of benzene rings is 2. The Hall–Kier alpha value is -2.62. The second-order valence-electron chi connectivity index (χ2n) is 5.77. The monoisotopic (exact) mass is 324 g/mol. The van der Waals surface area contributed by atoms with Crippen molar-refractivity contribution in [2.45, 2.75) is 33.6 Å². The van der Waals surface area contributed by atoms with Crippen LogP contribution in [0.1, 0.15) is 36.5 Å². The summed E-state index contributed by atoms with van der Waals surface area (Å²) in [5.74, 6) is 0.455. The van der Waals surface area contributed by atoms with E-state index in [-0.39, 0.29) is 12.5 Å². The number of aryl methyl sites for hydroxylation is 2. The molecular formula is C20H24N2O2. The Labute approximate surface area is 143 Å². The summed E-state index contributed by atoms with van der Waals surface area (Å²) < 4.78 is 5.57. The van der Waals surface area contributed by atoms with E-state index in [1.165, 1.54) is 5.56 Å². The molecule has 0 heterocycles. The molecular weight excluding hydrogens is 300 g/mol. The van der Waals surface area contributed by atoms with Crippen molar-refractivity contribution in [3.63, 3.8) is 0 Å². The maximum absolute atomic E-state index is 12.0. The van der Waals surface area contributed by atoms with E-state index in [2.05, 4.69) is 17.5 Å². The first-order chi connectivity index (χ1) is 11.6. The number of hydrogen-bond acceptors (Lipinski definition) is 3. The Balaban J connectivity index is 1.95. The van der Waals surface area contributed by atoms with E-state index in [1.807, 2.05) is 62.4 Å². The van der Waals surface area contributed by atoms with Crippen LogP contribution < -0.4 is 10.2 Å². The lowest BCUT2D eigenvalue weighted by atomic mass is 10.1. The van der Waals surface area contributed by atoms with Gasteiger partial charge in [0.25, 0.3) is 5.91 Å². The van der Waals surface area contributed by atoms with Crippen molar-refractivity contribution >= 4 is 11.6 Å². The first-order valence-corrected chi connectivity index (χ1v) is 8.21. The van der Waals surface area contributed by atoms with Crippen molar-refractivity contribution in [3.8, 4) is 5.75 Å². The van der Waals surface area contributed by atoms with E-state index in [9.17, 15) is 4.79 Å². The molecule has 24 heavy (non-hydrogen) atoms. The summed E-state index contributed by atoms with van der Waals surface area (Å²) in [5.41, 5.74) is 6.67. The molecule has 2 rings (SSSR count). The van der Waals surface area contributed by atoms with Crippen LogP contribution >= 0.6 is 0 Å². The number of hydrogen-bond donors (Lipinski definition) is 1. The molecule has 2 aromatic rings. The molecule has 0 spiro atoms. The number of amides is 1. The van der Waals surface area contributed by atoms with Crippen molar-refractivity contribution in [1.29, 1.82) is 0 Å². The minimum atomic E-state index is -0.264. The summed E-state index contributed by atoms with van der Waals surface area (Å²) >= 11 is 0. The van der Waals surface area contributed by atoms with Crippen molar-refractivity contribution in [2.24, 2.45) is 5.10 Å². The summed E-state index contributed by atoms with van der Waals surface area (Å²) in [4.78, 5) is 12.0. The molecule has 0 saturated carbocycles. The molecule has 1 N–H and O–H groups in total. The Morgan fingerprint density at radius 3 is 2.54 bits per heavy atom. The van der Waals surface area contributed by atoms with Gasteiger partial charge in [-0.3, -0.25) is 4.79 Å². The van der Waals surface area contributed by atoms with E-state index in [0.29, 0.717) is 0 Å². The normalized spacial score (nSPS) is 11.2. The van der Waals surface area contributed by atoms with Gasteiger partial charge in [-0.15, -0.1) is 0 Å². The summed E-state index contributed by atoms with van der Waals surface area (Å²) in [6.45, 7) is 6.02. The number of nitrogens with zero attached hydrogens (tertiary/aromatic N) is 1. The van der Waals surface area contributed by atoms with Gasteiger partial charge in [0.05, 0.1) is 5.71 Å². The highest BCUT2D eigenvalue weighted by Gasteiger charge is 2.06. The van der Waals surface area contributed by atoms with Crippen molar-refractivity contribution in [1.82, 2.24) is 5.43 Å². The molecule has 2 aromatic carbocycles. The maximum Gasteiger partial charge on any atom is 0.277 e. The smallest absolute Gasteiger partial charge is 0.277 e. The van der Waals surface area contributed by atoms with Crippen LogP contribution in [0.2, 0.25) is 0 Å². The first-order valence-electron chi connectivity index (χ1n) is 8.21. The van der Waals surface area contributed by atoms with Crippen LogP contribution in [-0.2, 0) is 4.79 Å². The van der Waals surface area contributed by atoms with E-state index >= 15 is 0 Å². The fraction of sp³-hybridized carbons (Fsp3) is 0.300. The van der Waals surface area contributed by atoms with Crippen molar-refractivity contribution in [3.05, 3.63) is 65.2 Å². The van der Waals surface area contributed by atoms with E-state index in [1.54, 1.807) is 0 Å². The maximum atomic E-state index is 12.0. The van der Waals surface area contributed by atoms with Crippen molar-refractivity contribution < 1.29 is 9.53 Å². The molecule has 0 saturated heterocycles. The average molecular weight is 324 g/mol. The summed E-state index contributed by atoms with van der Waals surface area (Å²) in [7, 11) is 0. The van der Waals surface area contributed by atoms with E-state index < -0.39 is 0 Å². The number of ether oxygens (including phenoxy) is 1. The van der Waals surface area contributed by atoms with Crippen LogP contribution in [0.15, 0.2) is 53.6 Å². The Morgan fingerprint density at radius 1 is 1.12 bits per heavy atom. The molecule has 1 amide bonds. The minimum absolute atomic E-state index is 0.0540. The van der Waals surface area contributed by atoms with Crippen molar-refractivity contribution in [2.75, 3.05) is 6.61 Å². The minimum Gasteiger partial charge on any atom is -0.483 e. The molecule has 126 valence electrons. The van der Waals surface area contributed by atoms with Gasteiger partial charge in [-0.2, -0.15) is 5.10 Å². The van der Waals surface area contributed by atoms with E-state index in [4.69, 9.17) is 4.74 Å². The van der Waals surface area contributed by atoms with Gasteiger partial charge >= 0.3 is 0 Å². The molecule has 0 aliphatic carbocycles. The standard InChI is InChI=1S/C20H24N2O2/c1-4-8-18(17-9-6-5-7-10-17)21-22-20(23)14-24-19-12-11-15(2)13-16(19)3/h5-7,9-13H,4,8,14H2,1-3H3,(H,22,23)/b21-18+. The van der Waals surface area contributed by atoms with Crippen LogP contribution in [0, 0.1) is 13.8 Å². The zero-order valence-corrected chi connectivity index (χ0v) is 14.5. The lowest BCUT2D eigenvalue weighted by Gasteiger charge is -2.10.